The van der Waals surface area contributed by atoms with E-state index in [9.17, 15) is 19.5 Å². The first kappa shape index (κ1) is 18.8. The van der Waals surface area contributed by atoms with Crippen molar-refractivity contribution in [2.45, 2.75) is 25.3 Å². The largest absolute Gasteiger partial charge is 0.486 e. The van der Waals surface area contributed by atoms with Crippen molar-refractivity contribution in [3.05, 3.63) is 30.9 Å². The van der Waals surface area contributed by atoms with Crippen LogP contribution in [0, 0.1) is 5.92 Å². The van der Waals surface area contributed by atoms with E-state index < -0.39 is 23.8 Å². The van der Waals surface area contributed by atoms with Gasteiger partial charge in [-0.1, -0.05) is 6.08 Å². The van der Waals surface area contributed by atoms with Crippen molar-refractivity contribution >= 4 is 23.5 Å². The Bertz CT molecular complexity index is 763. The molecular formula is C19H22N2O6. The number of carboxylic acid groups (broad SMARTS) is 1. The van der Waals surface area contributed by atoms with Gasteiger partial charge in [0.25, 0.3) is 0 Å². The van der Waals surface area contributed by atoms with Crippen LogP contribution in [0.4, 0.5) is 5.69 Å². The first-order valence-electron chi connectivity index (χ1n) is 8.83. The zero-order chi connectivity index (χ0) is 19.4. The van der Waals surface area contributed by atoms with Gasteiger partial charge in [0.2, 0.25) is 11.8 Å². The van der Waals surface area contributed by atoms with Crippen LogP contribution in [0.5, 0.6) is 11.5 Å². The van der Waals surface area contributed by atoms with Crippen molar-refractivity contribution in [3.63, 3.8) is 0 Å². The lowest BCUT2D eigenvalue weighted by Crippen LogP contribution is -2.44. The molecule has 0 aromatic heterocycles. The number of fused-ring (bicyclic) bond motifs is 1. The fourth-order valence-corrected chi connectivity index (χ4v) is 3.16. The lowest BCUT2D eigenvalue weighted by molar-refractivity contribution is -0.142. The fourth-order valence-electron chi connectivity index (χ4n) is 3.16. The molecule has 1 aromatic rings. The van der Waals surface area contributed by atoms with E-state index in [1.807, 2.05) is 0 Å². The summed E-state index contributed by atoms with van der Waals surface area (Å²) < 4.78 is 11.0. The third kappa shape index (κ3) is 4.21. The maximum absolute atomic E-state index is 12.5. The molecule has 1 saturated heterocycles. The SMILES string of the molecule is C=CCCC(NC(=O)C1CC(=O)N(c2ccc3c(c2)OCCO3)C1)C(=O)O. The number of nitrogens with one attached hydrogen (secondary N) is 1. The van der Waals surface area contributed by atoms with Crippen LogP contribution in [-0.4, -0.2) is 48.7 Å². The second kappa shape index (κ2) is 8.11. The maximum atomic E-state index is 12.5. The van der Waals surface area contributed by atoms with E-state index in [4.69, 9.17) is 9.47 Å². The van der Waals surface area contributed by atoms with E-state index in [1.54, 1.807) is 24.3 Å². The molecule has 27 heavy (non-hydrogen) atoms. The van der Waals surface area contributed by atoms with Crippen LogP contribution in [0.1, 0.15) is 19.3 Å². The highest BCUT2D eigenvalue weighted by molar-refractivity contribution is 6.01. The summed E-state index contributed by atoms with van der Waals surface area (Å²) in [6, 6.07) is 4.21. The molecule has 144 valence electrons. The number of rotatable bonds is 7. The van der Waals surface area contributed by atoms with Crippen LogP contribution in [0.25, 0.3) is 0 Å². The molecule has 0 radical (unpaired) electrons. The van der Waals surface area contributed by atoms with E-state index in [-0.39, 0.29) is 25.3 Å². The summed E-state index contributed by atoms with van der Waals surface area (Å²) >= 11 is 0. The zero-order valence-electron chi connectivity index (χ0n) is 14.8. The van der Waals surface area contributed by atoms with Gasteiger partial charge in [0.1, 0.15) is 19.3 Å². The lowest BCUT2D eigenvalue weighted by atomic mass is 10.1. The second-order valence-electron chi connectivity index (χ2n) is 6.50. The van der Waals surface area contributed by atoms with Crippen LogP contribution in [0.15, 0.2) is 30.9 Å². The summed E-state index contributed by atoms with van der Waals surface area (Å²) in [5.74, 6) is -1.13. The molecule has 0 aliphatic carbocycles. The van der Waals surface area contributed by atoms with E-state index >= 15 is 0 Å². The van der Waals surface area contributed by atoms with E-state index in [2.05, 4.69) is 11.9 Å². The lowest BCUT2D eigenvalue weighted by Gasteiger charge is -2.22. The molecule has 0 saturated carbocycles. The van der Waals surface area contributed by atoms with Gasteiger partial charge in [-0.2, -0.15) is 0 Å². The molecule has 1 aromatic carbocycles. The van der Waals surface area contributed by atoms with E-state index in [0.717, 1.165) is 0 Å². The third-order valence-electron chi connectivity index (χ3n) is 4.61. The Morgan fingerprint density at radius 2 is 2.07 bits per heavy atom. The molecule has 1 fully saturated rings. The van der Waals surface area contributed by atoms with Gasteiger partial charge in [0.15, 0.2) is 11.5 Å². The standard InChI is InChI=1S/C19H22N2O6/c1-2-3-4-14(19(24)25)20-18(23)12-9-17(22)21(11-12)13-5-6-15-16(10-13)27-8-7-26-15/h2,5-6,10,12,14H,1,3-4,7-9,11H2,(H,20,23)(H,24,25). The van der Waals surface area contributed by atoms with Crippen molar-refractivity contribution in [2.75, 3.05) is 24.7 Å². The predicted molar refractivity (Wildman–Crippen MR) is 96.9 cm³/mol. The first-order valence-corrected chi connectivity index (χ1v) is 8.83. The molecule has 2 aliphatic heterocycles. The number of allylic oxidation sites excluding steroid dienone is 1. The number of benzene rings is 1. The minimum absolute atomic E-state index is 0.0358. The van der Waals surface area contributed by atoms with Gasteiger partial charge in [-0.05, 0) is 25.0 Å². The van der Waals surface area contributed by atoms with Crippen molar-refractivity contribution in [1.82, 2.24) is 5.32 Å². The summed E-state index contributed by atoms with van der Waals surface area (Å²) in [5.41, 5.74) is 0.626. The molecule has 0 bridgehead atoms. The predicted octanol–water partition coefficient (Wildman–Crippen LogP) is 1.35. The number of carbonyl (C=O) groups is 3. The van der Waals surface area contributed by atoms with Gasteiger partial charge in [-0.3, -0.25) is 9.59 Å². The quantitative estimate of drug-likeness (QED) is 0.698. The number of aliphatic carboxylic acids is 1. The van der Waals surface area contributed by atoms with Crippen LogP contribution < -0.4 is 19.7 Å². The Labute approximate surface area is 156 Å². The molecule has 8 nitrogen and oxygen atoms in total. The number of hydrogen-bond donors (Lipinski definition) is 2. The van der Waals surface area contributed by atoms with Gasteiger partial charge in [0, 0.05) is 24.7 Å². The van der Waals surface area contributed by atoms with Gasteiger partial charge in [0.05, 0.1) is 5.92 Å². The Balaban J connectivity index is 1.67. The second-order valence-corrected chi connectivity index (χ2v) is 6.50. The first-order chi connectivity index (χ1) is 13.0. The fraction of sp³-hybridized carbons (Fsp3) is 0.421. The summed E-state index contributed by atoms with van der Waals surface area (Å²) in [6.07, 6.45) is 2.38. The Morgan fingerprint density at radius 1 is 1.33 bits per heavy atom. The van der Waals surface area contributed by atoms with Crippen molar-refractivity contribution in [2.24, 2.45) is 5.92 Å². The average Bonchev–Trinajstić information content (AvgIpc) is 3.06. The number of hydrogen-bond acceptors (Lipinski definition) is 5. The molecule has 2 N–H and O–H groups in total. The van der Waals surface area contributed by atoms with Crippen molar-refractivity contribution < 1.29 is 29.0 Å². The number of amides is 2. The average molecular weight is 374 g/mol. The molecule has 2 aliphatic rings. The molecule has 8 heteroatoms. The maximum Gasteiger partial charge on any atom is 0.326 e. The number of anilines is 1. The van der Waals surface area contributed by atoms with Crippen molar-refractivity contribution in [1.29, 1.82) is 0 Å². The van der Waals surface area contributed by atoms with Crippen LogP contribution in [-0.2, 0) is 14.4 Å². The minimum atomic E-state index is -1.10. The third-order valence-corrected chi connectivity index (χ3v) is 4.61. The Kier molecular flexibility index (Phi) is 5.63. The topological polar surface area (TPSA) is 105 Å². The van der Waals surface area contributed by atoms with Crippen LogP contribution >= 0.6 is 0 Å². The highest BCUT2D eigenvalue weighted by atomic mass is 16.6. The molecular weight excluding hydrogens is 352 g/mol. The van der Waals surface area contributed by atoms with E-state index in [1.165, 1.54) is 4.90 Å². The molecule has 2 heterocycles. The van der Waals surface area contributed by atoms with Crippen LogP contribution in [0.2, 0.25) is 0 Å². The molecule has 0 spiro atoms. The van der Waals surface area contributed by atoms with Gasteiger partial charge in [-0.25, -0.2) is 4.79 Å². The highest BCUT2D eigenvalue weighted by Crippen LogP contribution is 2.36. The summed E-state index contributed by atoms with van der Waals surface area (Å²) in [7, 11) is 0. The normalized spacial score (nSPS) is 19.5. The van der Waals surface area contributed by atoms with Crippen molar-refractivity contribution in [3.8, 4) is 11.5 Å². The van der Waals surface area contributed by atoms with Gasteiger partial charge < -0.3 is 24.8 Å². The van der Waals surface area contributed by atoms with Crippen LogP contribution in [0.3, 0.4) is 0 Å². The Hall–Kier alpha value is -3.03. The Morgan fingerprint density at radius 3 is 2.78 bits per heavy atom. The summed E-state index contributed by atoms with van der Waals surface area (Å²) in [6.45, 7) is 4.67. The molecule has 2 amide bonds. The highest BCUT2D eigenvalue weighted by Gasteiger charge is 2.36. The molecule has 2 atom stereocenters. The number of carboxylic acids is 1. The van der Waals surface area contributed by atoms with E-state index in [0.29, 0.717) is 36.8 Å². The molecule has 3 rings (SSSR count). The zero-order valence-corrected chi connectivity index (χ0v) is 14.8. The minimum Gasteiger partial charge on any atom is -0.486 e. The smallest absolute Gasteiger partial charge is 0.326 e. The number of carbonyl (C=O) groups excluding carboxylic acids is 2. The van der Waals surface area contributed by atoms with Gasteiger partial charge >= 0.3 is 5.97 Å². The number of nitrogens with zero attached hydrogens (tertiary/aromatic N) is 1. The number of ether oxygens (including phenoxy) is 2. The summed E-state index contributed by atoms with van der Waals surface area (Å²) in [5, 5.41) is 11.8. The molecule has 2 unspecified atom stereocenters. The summed E-state index contributed by atoms with van der Waals surface area (Å²) in [4.78, 5) is 37.7. The monoisotopic (exact) mass is 374 g/mol. The van der Waals surface area contributed by atoms with Gasteiger partial charge in [-0.15, -0.1) is 6.58 Å².